The summed E-state index contributed by atoms with van der Waals surface area (Å²) in [5.74, 6) is -2.71. The number of thiophene rings is 1. The zero-order chi connectivity index (χ0) is 32.9. The molecule has 9 nitrogen and oxygen atoms in total. The first-order valence-electron chi connectivity index (χ1n) is 14.8. The van der Waals surface area contributed by atoms with Crippen molar-refractivity contribution in [2.45, 2.75) is 49.9 Å². The molecule has 2 unspecified atom stereocenters. The minimum absolute atomic E-state index is 0.0560. The number of nitrogen functional groups attached to an aromatic ring is 2. The number of pyridine rings is 1. The maximum Gasteiger partial charge on any atom is 0.420 e. The molecule has 1 saturated carbocycles. The van der Waals surface area contributed by atoms with Gasteiger partial charge in [-0.1, -0.05) is 6.07 Å². The molecule has 2 aromatic carbocycles. The predicted molar refractivity (Wildman–Crippen MR) is 165 cm³/mol. The Morgan fingerprint density at radius 2 is 1.89 bits per heavy atom. The van der Waals surface area contributed by atoms with Gasteiger partial charge < -0.3 is 25.8 Å². The molecule has 3 aromatic heterocycles. The summed E-state index contributed by atoms with van der Waals surface area (Å²) in [7, 11) is 1.28. The van der Waals surface area contributed by atoms with Crippen molar-refractivity contribution in [3.8, 4) is 29.0 Å². The third kappa shape index (κ3) is 4.27. The third-order valence-electron chi connectivity index (χ3n) is 9.28. The monoisotopic (exact) mass is 665 g/mol. The minimum atomic E-state index is -5.18. The van der Waals surface area contributed by atoms with Crippen LogP contribution in [0.2, 0.25) is 0 Å². The molecule has 5 aromatic rings. The number of nitrogens with two attached hydrogens (primary N) is 2. The first-order valence-corrected chi connectivity index (χ1v) is 15.6. The highest BCUT2D eigenvalue weighted by Gasteiger charge is 2.48. The number of ether oxygens (including phenoxy) is 2. The van der Waals surface area contributed by atoms with E-state index in [1.165, 1.54) is 7.11 Å². The van der Waals surface area contributed by atoms with Crippen molar-refractivity contribution >= 4 is 49.0 Å². The lowest BCUT2D eigenvalue weighted by Gasteiger charge is -2.35. The first kappa shape index (κ1) is 29.4. The minimum Gasteiger partial charge on any atom is -0.490 e. The largest absolute Gasteiger partial charge is 0.490 e. The van der Waals surface area contributed by atoms with E-state index in [1.54, 1.807) is 6.20 Å². The number of nitriles is 1. The van der Waals surface area contributed by atoms with E-state index >= 15 is 17.6 Å². The Labute approximate surface area is 267 Å². The number of rotatable bonds is 4. The van der Waals surface area contributed by atoms with Gasteiger partial charge in [-0.25, -0.2) is 13.8 Å². The van der Waals surface area contributed by atoms with Crippen LogP contribution in [0, 0.1) is 23.0 Å². The zero-order valence-electron chi connectivity index (χ0n) is 24.6. The lowest BCUT2D eigenvalue weighted by Crippen LogP contribution is -2.44. The quantitative estimate of drug-likeness (QED) is 0.201. The van der Waals surface area contributed by atoms with Crippen LogP contribution in [0.4, 0.5) is 38.6 Å². The van der Waals surface area contributed by atoms with Crippen molar-refractivity contribution in [1.82, 2.24) is 15.0 Å². The Bertz CT molecular complexity index is 2190. The summed E-state index contributed by atoms with van der Waals surface area (Å²) < 4.78 is 89.5. The average molecular weight is 666 g/mol. The van der Waals surface area contributed by atoms with Gasteiger partial charge in [0.15, 0.2) is 5.82 Å². The van der Waals surface area contributed by atoms with Crippen LogP contribution in [0.25, 0.3) is 32.1 Å². The molecular formula is C32H24F5N7O2S. The molecule has 4 N–H and O–H groups in total. The lowest BCUT2D eigenvalue weighted by molar-refractivity contribution is -0.138. The molecule has 1 fully saturated rings. The molecular weight excluding hydrogens is 641 g/mol. The molecule has 240 valence electrons. The first-order chi connectivity index (χ1) is 22.5. The Morgan fingerprint density at radius 1 is 1.11 bits per heavy atom. The van der Waals surface area contributed by atoms with Crippen LogP contribution in [0.5, 0.6) is 11.8 Å². The molecule has 0 bridgehead atoms. The fourth-order valence-electron chi connectivity index (χ4n) is 7.25. The Hall–Kier alpha value is -4.97. The maximum atomic E-state index is 17.0. The van der Waals surface area contributed by atoms with Crippen LogP contribution >= 0.6 is 11.3 Å². The molecule has 15 heteroatoms. The Balaban J connectivity index is 1.46. The summed E-state index contributed by atoms with van der Waals surface area (Å²) in [6, 6.07) is 4.74. The van der Waals surface area contributed by atoms with Crippen LogP contribution < -0.4 is 25.8 Å². The number of anilines is 3. The average Bonchev–Trinajstić information content (AvgIpc) is 3.71. The van der Waals surface area contributed by atoms with Crippen molar-refractivity contribution in [3.05, 3.63) is 58.3 Å². The van der Waals surface area contributed by atoms with E-state index in [0.717, 1.165) is 36.1 Å². The molecule has 8 rings (SSSR count). The smallest absolute Gasteiger partial charge is 0.420 e. The number of aromatic nitrogens is 3. The number of nitrogens with zero attached hydrogens (tertiary/aromatic N) is 5. The van der Waals surface area contributed by atoms with E-state index in [9.17, 15) is 9.65 Å². The van der Waals surface area contributed by atoms with Gasteiger partial charge in [0.05, 0.1) is 28.8 Å². The van der Waals surface area contributed by atoms with Gasteiger partial charge in [-0.3, -0.25) is 0 Å². The van der Waals surface area contributed by atoms with Crippen molar-refractivity contribution in [1.29, 1.82) is 5.26 Å². The number of halogens is 5. The SMILES string of the molecule is COc1nc2c3c(c(C(F)(F)F)c(-c4ccc(F)c5sc(N)c(C#N)c45)c(F)c3n1)OCC(C1CCc3ccnc(N)c31)N2C1CC1. The fraction of sp³-hybridized carbons (Fsp3) is 0.312. The van der Waals surface area contributed by atoms with Gasteiger partial charge in [0.2, 0.25) is 0 Å². The molecule has 2 aliphatic carbocycles. The van der Waals surface area contributed by atoms with Crippen LogP contribution in [0.15, 0.2) is 24.4 Å². The highest BCUT2D eigenvalue weighted by atomic mass is 32.1. The normalized spacial score (nSPS) is 19.0. The van der Waals surface area contributed by atoms with Gasteiger partial charge in [-0.05, 0) is 48.9 Å². The molecule has 0 saturated heterocycles. The number of fused-ring (bicyclic) bond motifs is 2. The molecule has 0 radical (unpaired) electrons. The van der Waals surface area contributed by atoms with E-state index in [0.29, 0.717) is 30.0 Å². The second-order valence-electron chi connectivity index (χ2n) is 11.8. The number of hydrogen-bond acceptors (Lipinski definition) is 10. The summed E-state index contributed by atoms with van der Waals surface area (Å²) in [6.45, 7) is -0.218. The van der Waals surface area contributed by atoms with Crippen molar-refractivity contribution in [2.24, 2.45) is 0 Å². The molecule has 4 heterocycles. The predicted octanol–water partition coefficient (Wildman–Crippen LogP) is 6.71. The van der Waals surface area contributed by atoms with Gasteiger partial charge in [-0.2, -0.15) is 28.4 Å². The third-order valence-corrected chi connectivity index (χ3v) is 10.3. The van der Waals surface area contributed by atoms with E-state index in [2.05, 4.69) is 15.0 Å². The standard InChI is InChI=1S/C32H24F5N7O2S/c1-45-31-42-25-22-26(23(32(35,36)37)21(24(25)34)15-6-7-17(33)27-20(15)16(10-38)29(40)47-27)46-11-18(44(13-3-4-13)30(22)43-31)14-5-2-12-8-9-41-28(39)19(12)14/h6-9,13-14,18H,2-5,11,40H2,1H3,(H2,39,41). The molecule has 47 heavy (non-hydrogen) atoms. The summed E-state index contributed by atoms with van der Waals surface area (Å²) in [5.41, 5.74) is 10.7. The van der Waals surface area contributed by atoms with Crippen molar-refractivity contribution < 1.29 is 31.4 Å². The van der Waals surface area contributed by atoms with E-state index in [1.807, 2.05) is 17.0 Å². The fourth-order valence-corrected chi connectivity index (χ4v) is 8.20. The van der Waals surface area contributed by atoms with E-state index in [-0.39, 0.29) is 62.0 Å². The highest BCUT2D eigenvalue weighted by molar-refractivity contribution is 7.23. The van der Waals surface area contributed by atoms with E-state index in [4.69, 9.17) is 20.9 Å². The van der Waals surface area contributed by atoms with Crippen LogP contribution in [0.3, 0.4) is 0 Å². The van der Waals surface area contributed by atoms with Crippen LogP contribution in [-0.4, -0.2) is 40.8 Å². The molecule has 1 aliphatic heterocycles. The molecule has 3 aliphatic rings. The number of hydrogen-bond donors (Lipinski definition) is 2. The van der Waals surface area contributed by atoms with Crippen LogP contribution in [0.1, 0.15) is 47.4 Å². The number of alkyl halides is 3. The number of methoxy groups -OCH3 is 1. The second kappa shape index (κ2) is 10.3. The summed E-state index contributed by atoms with van der Waals surface area (Å²) in [6.07, 6.45) is -0.754. The highest BCUT2D eigenvalue weighted by Crippen LogP contribution is 2.55. The number of benzene rings is 2. The summed E-state index contributed by atoms with van der Waals surface area (Å²) in [4.78, 5) is 14.9. The van der Waals surface area contributed by atoms with Gasteiger partial charge in [0, 0.05) is 34.7 Å². The van der Waals surface area contributed by atoms with Gasteiger partial charge in [0.1, 0.15) is 52.0 Å². The van der Waals surface area contributed by atoms with Gasteiger partial charge in [0.25, 0.3) is 0 Å². The van der Waals surface area contributed by atoms with Crippen molar-refractivity contribution in [3.63, 3.8) is 0 Å². The molecule has 0 spiro atoms. The zero-order valence-corrected chi connectivity index (χ0v) is 25.4. The summed E-state index contributed by atoms with van der Waals surface area (Å²) in [5, 5.41) is 9.26. The van der Waals surface area contributed by atoms with Crippen LogP contribution in [-0.2, 0) is 12.6 Å². The molecule has 0 amide bonds. The number of aryl methyl sites for hydroxylation is 1. The van der Waals surface area contributed by atoms with Gasteiger partial charge in [-0.15, -0.1) is 11.3 Å². The molecule has 2 atom stereocenters. The van der Waals surface area contributed by atoms with E-state index < -0.39 is 46.2 Å². The Morgan fingerprint density at radius 3 is 2.60 bits per heavy atom. The maximum absolute atomic E-state index is 17.0. The van der Waals surface area contributed by atoms with Gasteiger partial charge >= 0.3 is 12.2 Å². The second-order valence-corrected chi connectivity index (χ2v) is 12.9. The summed E-state index contributed by atoms with van der Waals surface area (Å²) >= 11 is 0.693. The topological polar surface area (TPSA) is 136 Å². The Kier molecular flexibility index (Phi) is 6.43. The lowest BCUT2D eigenvalue weighted by atomic mass is 9.91. The van der Waals surface area contributed by atoms with Crippen molar-refractivity contribution in [2.75, 3.05) is 30.1 Å².